The zero-order chi connectivity index (χ0) is 13.7. The van der Waals surface area contributed by atoms with Gasteiger partial charge in [-0.1, -0.05) is 18.2 Å². The molecule has 0 radical (unpaired) electrons. The molecule has 0 unspecified atom stereocenters. The van der Waals surface area contributed by atoms with E-state index in [1.54, 1.807) is 18.3 Å². The second-order valence-electron chi connectivity index (χ2n) is 3.96. The summed E-state index contributed by atoms with van der Waals surface area (Å²) in [5.41, 5.74) is 17.1. The van der Waals surface area contributed by atoms with Crippen LogP contribution in [0.5, 0.6) is 0 Å². The minimum Gasteiger partial charge on any atom is -0.398 e. The van der Waals surface area contributed by atoms with Crippen molar-refractivity contribution in [3.8, 4) is 0 Å². The summed E-state index contributed by atoms with van der Waals surface area (Å²) in [4.78, 5) is 10.8. The van der Waals surface area contributed by atoms with E-state index in [1.807, 2.05) is 30.3 Å². The predicted octanol–water partition coefficient (Wildman–Crippen LogP) is 2.11. The van der Waals surface area contributed by atoms with E-state index in [4.69, 9.17) is 11.5 Å². The first kappa shape index (κ1) is 12.6. The van der Waals surface area contributed by atoms with Gasteiger partial charge >= 0.3 is 0 Å². The van der Waals surface area contributed by atoms with E-state index in [-0.39, 0.29) is 0 Å². The highest BCUT2D eigenvalue weighted by Crippen LogP contribution is 2.18. The number of hydrogen-bond acceptors (Lipinski definition) is 5. The van der Waals surface area contributed by atoms with Crippen LogP contribution in [-0.2, 0) is 0 Å². The van der Waals surface area contributed by atoms with Crippen LogP contribution in [0.1, 0.15) is 15.9 Å². The smallest absolute Gasteiger partial charge is 0.152 e. The third-order valence-electron chi connectivity index (χ3n) is 2.59. The van der Waals surface area contributed by atoms with E-state index in [2.05, 4.69) is 10.5 Å². The second-order valence-corrected chi connectivity index (χ2v) is 3.96. The van der Waals surface area contributed by atoms with Gasteiger partial charge in [-0.2, -0.15) is 5.10 Å². The number of anilines is 3. The van der Waals surface area contributed by atoms with E-state index >= 15 is 0 Å². The number of hydrogen-bond donors (Lipinski definition) is 3. The van der Waals surface area contributed by atoms with Crippen LogP contribution < -0.4 is 16.9 Å². The average Bonchev–Trinajstić information content (AvgIpc) is 2.42. The van der Waals surface area contributed by atoms with Crippen molar-refractivity contribution in [2.45, 2.75) is 0 Å². The Balaban J connectivity index is 2.17. The molecule has 5 N–H and O–H groups in total. The number of rotatable bonds is 4. The van der Waals surface area contributed by atoms with Gasteiger partial charge in [0.15, 0.2) is 6.29 Å². The van der Waals surface area contributed by atoms with Gasteiger partial charge in [-0.3, -0.25) is 10.2 Å². The number of carbonyl (C=O) groups excluding carboxylic acids is 1. The highest BCUT2D eigenvalue weighted by Gasteiger charge is 2.03. The summed E-state index contributed by atoms with van der Waals surface area (Å²) >= 11 is 0. The van der Waals surface area contributed by atoms with Crippen LogP contribution in [0.3, 0.4) is 0 Å². The zero-order valence-corrected chi connectivity index (χ0v) is 10.2. The molecule has 0 saturated heterocycles. The molecule has 0 atom stereocenters. The molecular weight excluding hydrogens is 240 g/mol. The standard InChI is InChI=1S/C14H14N4O/c15-13-7-14(16)11(9-19)6-10(13)8-17-18-12-4-2-1-3-5-12/h1-9,18H,15-16H2/b17-8+. The normalized spacial score (nSPS) is 10.5. The van der Waals surface area contributed by atoms with Crippen molar-refractivity contribution in [1.82, 2.24) is 0 Å². The van der Waals surface area contributed by atoms with Gasteiger partial charge in [0, 0.05) is 22.5 Å². The molecule has 5 heteroatoms. The van der Waals surface area contributed by atoms with Crippen LogP contribution in [0.2, 0.25) is 0 Å². The summed E-state index contributed by atoms with van der Waals surface area (Å²) in [6.45, 7) is 0. The molecule has 5 nitrogen and oxygen atoms in total. The van der Waals surface area contributed by atoms with Crippen LogP contribution in [0.4, 0.5) is 17.1 Å². The van der Waals surface area contributed by atoms with Gasteiger partial charge in [0.05, 0.1) is 11.9 Å². The number of aldehydes is 1. The molecule has 0 aliphatic carbocycles. The highest BCUT2D eigenvalue weighted by molar-refractivity contribution is 5.94. The molecule has 0 spiro atoms. The molecule has 0 bridgehead atoms. The van der Waals surface area contributed by atoms with Crippen LogP contribution >= 0.6 is 0 Å². The SMILES string of the molecule is Nc1cc(N)c(/C=N/Nc2ccccc2)cc1C=O. The Morgan fingerprint density at radius 2 is 1.68 bits per heavy atom. The fraction of sp³-hybridized carbons (Fsp3) is 0. The Morgan fingerprint density at radius 3 is 2.37 bits per heavy atom. The topological polar surface area (TPSA) is 93.5 Å². The van der Waals surface area contributed by atoms with Crippen molar-refractivity contribution in [3.05, 3.63) is 53.6 Å². The summed E-state index contributed by atoms with van der Waals surface area (Å²) in [6.07, 6.45) is 2.24. The largest absolute Gasteiger partial charge is 0.398 e. The lowest BCUT2D eigenvalue weighted by atomic mass is 10.1. The van der Waals surface area contributed by atoms with Gasteiger partial charge in [0.25, 0.3) is 0 Å². The van der Waals surface area contributed by atoms with Gasteiger partial charge in [0.2, 0.25) is 0 Å². The molecule has 0 aliphatic rings. The second kappa shape index (κ2) is 5.68. The number of para-hydroxylation sites is 1. The van der Waals surface area contributed by atoms with Gasteiger partial charge < -0.3 is 11.5 Å². The van der Waals surface area contributed by atoms with Gasteiger partial charge in [0.1, 0.15) is 0 Å². The predicted molar refractivity (Wildman–Crippen MR) is 78.3 cm³/mol. The molecule has 0 saturated carbocycles. The first-order chi connectivity index (χ1) is 9.20. The zero-order valence-electron chi connectivity index (χ0n) is 10.2. The quantitative estimate of drug-likeness (QED) is 0.337. The van der Waals surface area contributed by atoms with E-state index in [0.29, 0.717) is 28.8 Å². The van der Waals surface area contributed by atoms with Crippen molar-refractivity contribution in [2.75, 3.05) is 16.9 Å². The van der Waals surface area contributed by atoms with Crippen molar-refractivity contribution < 1.29 is 4.79 Å². The monoisotopic (exact) mass is 254 g/mol. The Hall–Kier alpha value is -2.82. The fourth-order valence-electron chi connectivity index (χ4n) is 1.57. The molecule has 0 fully saturated rings. The van der Waals surface area contributed by atoms with Crippen molar-refractivity contribution in [2.24, 2.45) is 5.10 Å². The van der Waals surface area contributed by atoms with E-state index < -0.39 is 0 Å². The van der Waals surface area contributed by atoms with Crippen LogP contribution in [-0.4, -0.2) is 12.5 Å². The minimum atomic E-state index is 0.362. The Labute approximate surface area is 110 Å². The molecule has 0 heterocycles. The van der Waals surface area contributed by atoms with Crippen molar-refractivity contribution in [3.63, 3.8) is 0 Å². The van der Waals surface area contributed by atoms with E-state index in [0.717, 1.165) is 5.69 Å². The van der Waals surface area contributed by atoms with Crippen molar-refractivity contribution in [1.29, 1.82) is 0 Å². The average molecular weight is 254 g/mol. The number of hydrazone groups is 1. The molecule has 2 aromatic rings. The molecule has 19 heavy (non-hydrogen) atoms. The first-order valence-corrected chi connectivity index (χ1v) is 5.69. The Morgan fingerprint density at radius 1 is 1.00 bits per heavy atom. The summed E-state index contributed by atoms with van der Waals surface area (Å²) in [5, 5.41) is 4.07. The number of nitrogens with two attached hydrogens (primary N) is 2. The van der Waals surface area contributed by atoms with E-state index in [9.17, 15) is 4.79 Å². The Bertz CT molecular complexity index is 608. The van der Waals surface area contributed by atoms with Gasteiger partial charge in [-0.25, -0.2) is 0 Å². The summed E-state index contributed by atoms with van der Waals surface area (Å²) in [5.74, 6) is 0. The maximum atomic E-state index is 10.8. The molecule has 2 rings (SSSR count). The third kappa shape index (κ3) is 3.10. The van der Waals surface area contributed by atoms with Crippen molar-refractivity contribution >= 4 is 29.6 Å². The summed E-state index contributed by atoms with van der Waals surface area (Å²) in [6, 6.07) is 12.7. The molecule has 96 valence electrons. The molecule has 0 amide bonds. The summed E-state index contributed by atoms with van der Waals surface area (Å²) in [7, 11) is 0. The lowest BCUT2D eigenvalue weighted by Crippen LogP contribution is -2.01. The maximum absolute atomic E-state index is 10.8. The van der Waals surface area contributed by atoms with Crippen LogP contribution in [0.25, 0.3) is 0 Å². The molecular formula is C14H14N4O. The minimum absolute atomic E-state index is 0.362. The maximum Gasteiger partial charge on any atom is 0.152 e. The lowest BCUT2D eigenvalue weighted by Gasteiger charge is -2.05. The number of nitrogens with zero attached hydrogens (tertiary/aromatic N) is 1. The molecule has 0 aromatic heterocycles. The highest BCUT2D eigenvalue weighted by atomic mass is 16.1. The van der Waals surface area contributed by atoms with Crippen LogP contribution in [0.15, 0.2) is 47.6 Å². The molecule has 2 aromatic carbocycles. The Kier molecular flexibility index (Phi) is 3.78. The van der Waals surface area contributed by atoms with E-state index in [1.165, 1.54) is 0 Å². The lowest BCUT2D eigenvalue weighted by molar-refractivity contribution is 0.112. The van der Waals surface area contributed by atoms with Gasteiger partial charge in [-0.05, 0) is 24.3 Å². The number of nitrogens with one attached hydrogen (secondary N) is 1. The number of benzene rings is 2. The molecule has 0 aliphatic heterocycles. The third-order valence-corrected chi connectivity index (χ3v) is 2.59. The summed E-state index contributed by atoms with van der Waals surface area (Å²) < 4.78 is 0. The number of carbonyl (C=O) groups is 1. The van der Waals surface area contributed by atoms with Crippen LogP contribution in [0, 0.1) is 0 Å². The first-order valence-electron chi connectivity index (χ1n) is 5.69. The van der Waals surface area contributed by atoms with Gasteiger partial charge in [-0.15, -0.1) is 0 Å². The fourth-order valence-corrected chi connectivity index (χ4v) is 1.57. The number of nitrogen functional groups attached to an aromatic ring is 2.